The first-order chi connectivity index (χ1) is 8.36. The minimum Gasteiger partial charge on any atom is -0.382 e. The number of rotatable bonds is 1. The Kier molecular flexibility index (Phi) is 2.56. The van der Waals surface area contributed by atoms with Gasteiger partial charge >= 0.3 is 0 Å². The third kappa shape index (κ3) is 1.80. The van der Waals surface area contributed by atoms with E-state index in [1.807, 2.05) is 24.3 Å². The molecule has 86 valence electrons. The summed E-state index contributed by atoms with van der Waals surface area (Å²) in [7, 11) is 0. The van der Waals surface area contributed by atoms with Crippen molar-refractivity contribution in [2.45, 2.75) is 12.3 Å². The van der Waals surface area contributed by atoms with E-state index in [4.69, 9.17) is 0 Å². The van der Waals surface area contributed by atoms with Crippen LogP contribution in [0.4, 0.5) is 10.1 Å². The van der Waals surface area contributed by atoms with Crippen LogP contribution in [0, 0.1) is 5.82 Å². The molecule has 1 N–H and O–H groups in total. The molecule has 0 aliphatic carbocycles. The van der Waals surface area contributed by atoms with Crippen LogP contribution in [0.2, 0.25) is 0 Å². The zero-order valence-corrected chi connectivity index (χ0v) is 9.49. The lowest BCUT2D eigenvalue weighted by Crippen LogP contribution is -2.18. The molecular formula is C15H14FN. The molecule has 0 amide bonds. The first-order valence-electron chi connectivity index (χ1n) is 5.93. The molecule has 1 heterocycles. The fourth-order valence-electron chi connectivity index (χ4n) is 2.55. The highest BCUT2D eigenvalue weighted by Gasteiger charge is 2.23. The molecule has 3 rings (SSSR count). The van der Waals surface area contributed by atoms with Gasteiger partial charge in [-0.2, -0.15) is 0 Å². The second kappa shape index (κ2) is 4.21. The van der Waals surface area contributed by atoms with Crippen LogP contribution in [-0.4, -0.2) is 6.54 Å². The van der Waals surface area contributed by atoms with Crippen LogP contribution < -0.4 is 5.32 Å². The molecule has 2 aromatic rings. The number of hydrogen-bond donors (Lipinski definition) is 1. The van der Waals surface area contributed by atoms with E-state index in [2.05, 4.69) is 17.4 Å². The SMILES string of the molecule is Fc1cccc2c1NCCC2c1ccccc1. The van der Waals surface area contributed by atoms with Crippen LogP contribution in [0.15, 0.2) is 48.5 Å². The summed E-state index contributed by atoms with van der Waals surface area (Å²) in [6.45, 7) is 0.827. The molecule has 1 aliphatic rings. The van der Waals surface area contributed by atoms with Gasteiger partial charge in [0.05, 0.1) is 5.69 Å². The standard InChI is InChI=1S/C15H14FN/c16-14-8-4-7-13-12(9-10-17-15(13)14)11-5-2-1-3-6-11/h1-8,12,17H,9-10H2. The summed E-state index contributed by atoms with van der Waals surface area (Å²) in [4.78, 5) is 0. The number of para-hydroxylation sites is 1. The van der Waals surface area contributed by atoms with Gasteiger partial charge in [0.15, 0.2) is 0 Å². The van der Waals surface area contributed by atoms with E-state index in [1.165, 1.54) is 11.6 Å². The van der Waals surface area contributed by atoms with Gasteiger partial charge in [0.25, 0.3) is 0 Å². The largest absolute Gasteiger partial charge is 0.382 e. The average molecular weight is 227 g/mol. The van der Waals surface area contributed by atoms with E-state index in [9.17, 15) is 4.39 Å². The van der Waals surface area contributed by atoms with Crippen LogP contribution in [0.5, 0.6) is 0 Å². The smallest absolute Gasteiger partial charge is 0.146 e. The van der Waals surface area contributed by atoms with Crippen LogP contribution in [-0.2, 0) is 0 Å². The Labute approximate surface area is 100 Å². The van der Waals surface area contributed by atoms with Gasteiger partial charge in [0.2, 0.25) is 0 Å². The average Bonchev–Trinajstić information content (AvgIpc) is 2.40. The molecule has 2 heteroatoms. The normalized spacial score (nSPS) is 18.3. The number of benzene rings is 2. The summed E-state index contributed by atoms with van der Waals surface area (Å²) in [6, 6.07) is 15.6. The minimum atomic E-state index is -0.150. The molecule has 0 bridgehead atoms. The Morgan fingerprint density at radius 2 is 1.82 bits per heavy atom. The van der Waals surface area contributed by atoms with Crippen molar-refractivity contribution >= 4 is 5.69 Å². The van der Waals surface area contributed by atoms with Gasteiger partial charge in [-0.05, 0) is 23.6 Å². The summed E-state index contributed by atoms with van der Waals surface area (Å²) < 4.78 is 13.7. The molecule has 0 saturated heterocycles. The van der Waals surface area contributed by atoms with Gasteiger partial charge in [-0.3, -0.25) is 0 Å². The Morgan fingerprint density at radius 3 is 2.65 bits per heavy atom. The third-order valence-electron chi connectivity index (χ3n) is 3.36. The molecule has 17 heavy (non-hydrogen) atoms. The van der Waals surface area contributed by atoms with E-state index in [0.717, 1.165) is 18.5 Å². The topological polar surface area (TPSA) is 12.0 Å². The number of halogens is 1. The molecule has 0 saturated carbocycles. The fourth-order valence-corrected chi connectivity index (χ4v) is 2.55. The van der Waals surface area contributed by atoms with Crippen molar-refractivity contribution in [2.75, 3.05) is 11.9 Å². The van der Waals surface area contributed by atoms with Crippen molar-refractivity contribution in [1.29, 1.82) is 0 Å². The van der Waals surface area contributed by atoms with E-state index < -0.39 is 0 Å². The lowest BCUT2D eigenvalue weighted by molar-refractivity contribution is 0.614. The van der Waals surface area contributed by atoms with E-state index >= 15 is 0 Å². The summed E-state index contributed by atoms with van der Waals surface area (Å²) in [5, 5.41) is 3.16. The maximum absolute atomic E-state index is 13.7. The Hall–Kier alpha value is -1.83. The van der Waals surface area contributed by atoms with E-state index in [-0.39, 0.29) is 5.82 Å². The molecule has 1 unspecified atom stereocenters. The molecule has 0 fully saturated rings. The molecule has 1 nitrogen and oxygen atoms in total. The predicted molar refractivity (Wildman–Crippen MR) is 67.8 cm³/mol. The van der Waals surface area contributed by atoms with Gasteiger partial charge in [-0.25, -0.2) is 4.39 Å². The monoisotopic (exact) mass is 227 g/mol. The maximum atomic E-state index is 13.7. The molecule has 0 spiro atoms. The second-order valence-electron chi connectivity index (χ2n) is 4.38. The second-order valence-corrected chi connectivity index (χ2v) is 4.38. The van der Waals surface area contributed by atoms with Crippen LogP contribution in [0.3, 0.4) is 0 Å². The predicted octanol–water partition coefficient (Wildman–Crippen LogP) is 3.77. The molecular weight excluding hydrogens is 213 g/mol. The Bertz CT molecular complexity index is 522. The van der Waals surface area contributed by atoms with Crippen molar-refractivity contribution < 1.29 is 4.39 Å². The van der Waals surface area contributed by atoms with Gasteiger partial charge in [0, 0.05) is 12.5 Å². The van der Waals surface area contributed by atoms with Gasteiger partial charge in [0.1, 0.15) is 5.82 Å². The number of fused-ring (bicyclic) bond motifs is 1. The van der Waals surface area contributed by atoms with Crippen molar-refractivity contribution in [3.63, 3.8) is 0 Å². The first kappa shape index (κ1) is 10.3. The quantitative estimate of drug-likeness (QED) is 0.782. The summed E-state index contributed by atoms with van der Waals surface area (Å²) in [5.74, 6) is 0.159. The molecule has 1 atom stereocenters. The fraction of sp³-hybridized carbons (Fsp3) is 0.200. The van der Waals surface area contributed by atoms with Gasteiger partial charge in [-0.15, -0.1) is 0 Å². The van der Waals surface area contributed by atoms with Crippen molar-refractivity contribution in [1.82, 2.24) is 0 Å². The lowest BCUT2D eigenvalue weighted by Gasteiger charge is -2.27. The highest BCUT2D eigenvalue weighted by Crippen LogP contribution is 2.37. The van der Waals surface area contributed by atoms with Crippen LogP contribution in [0.25, 0.3) is 0 Å². The van der Waals surface area contributed by atoms with Crippen molar-refractivity contribution in [2.24, 2.45) is 0 Å². The van der Waals surface area contributed by atoms with Crippen LogP contribution >= 0.6 is 0 Å². The number of hydrogen-bond acceptors (Lipinski definition) is 1. The van der Waals surface area contributed by atoms with Gasteiger partial charge in [-0.1, -0.05) is 42.5 Å². The van der Waals surface area contributed by atoms with E-state index in [1.54, 1.807) is 6.07 Å². The molecule has 0 aromatic heterocycles. The third-order valence-corrected chi connectivity index (χ3v) is 3.36. The highest BCUT2D eigenvalue weighted by atomic mass is 19.1. The Morgan fingerprint density at radius 1 is 1.00 bits per heavy atom. The van der Waals surface area contributed by atoms with Crippen LogP contribution in [0.1, 0.15) is 23.5 Å². The van der Waals surface area contributed by atoms with Crippen molar-refractivity contribution in [3.05, 3.63) is 65.5 Å². The first-order valence-corrected chi connectivity index (χ1v) is 5.93. The maximum Gasteiger partial charge on any atom is 0.146 e. The number of nitrogens with one attached hydrogen (secondary N) is 1. The summed E-state index contributed by atoms with van der Waals surface area (Å²) >= 11 is 0. The van der Waals surface area contributed by atoms with E-state index in [0.29, 0.717) is 11.6 Å². The molecule has 0 radical (unpaired) electrons. The zero-order valence-electron chi connectivity index (χ0n) is 9.49. The number of anilines is 1. The molecule has 2 aromatic carbocycles. The Balaban J connectivity index is 2.09. The zero-order chi connectivity index (χ0) is 11.7. The van der Waals surface area contributed by atoms with Gasteiger partial charge < -0.3 is 5.32 Å². The minimum absolute atomic E-state index is 0.150. The van der Waals surface area contributed by atoms with Crippen molar-refractivity contribution in [3.8, 4) is 0 Å². The summed E-state index contributed by atoms with van der Waals surface area (Å²) in [6.07, 6.45) is 1.01. The summed E-state index contributed by atoms with van der Waals surface area (Å²) in [5.41, 5.74) is 3.01. The highest BCUT2D eigenvalue weighted by molar-refractivity contribution is 5.58. The molecule has 1 aliphatic heterocycles. The lowest BCUT2D eigenvalue weighted by atomic mass is 9.85.